The highest BCUT2D eigenvalue weighted by Crippen LogP contribution is 2.47. The number of carbonyl (C=O) groups is 1. The fraction of sp³-hybridized carbons (Fsp3) is 0.438. The maximum atomic E-state index is 14.4. The Labute approximate surface area is 137 Å². The first kappa shape index (κ1) is 18.5. The molecule has 0 radical (unpaired) electrons. The number of carboxylic acid groups (broad SMARTS) is 1. The maximum Gasteiger partial charge on any atom is 0.432 e. The summed E-state index contributed by atoms with van der Waals surface area (Å²) in [4.78, 5) is 11.4. The molecule has 0 aliphatic carbocycles. The van der Waals surface area contributed by atoms with Crippen molar-refractivity contribution in [1.82, 2.24) is 0 Å². The number of fused-ring (bicyclic) bond motifs is 1. The molecule has 2 rings (SSSR count). The van der Waals surface area contributed by atoms with Crippen LogP contribution in [0.1, 0.15) is 18.9 Å². The van der Waals surface area contributed by atoms with Crippen LogP contribution in [0.5, 0.6) is 5.75 Å². The molecule has 8 heteroatoms. The van der Waals surface area contributed by atoms with Crippen molar-refractivity contribution in [2.75, 3.05) is 0 Å². The van der Waals surface area contributed by atoms with Gasteiger partial charge in [-0.2, -0.15) is 13.2 Å². The van der Waals surface area contributed by atoms with Crippen molar-refractivity contribution in [3.8, 4) is 5.75 Å². The Hall–Kier alpha value is -1.83. The molecule has 1 unspecified atom stereocenters. The lowest BCUT2D eigenvalue weighted by Gasteiger charge is -2.39. The average molecular weight is 362 g/mol. The number of ether oxygens (including phenoxy) is 1. The second-order valence-corrected chi connectivity index (χ2v) is 11.8. The molecule has 0 saturated heterocycles. The zero-order valence-electron chi connectivity index (χ0n) is 13.7. The Morgan fingerprint density at radius 3 is 2.29 bits per heavy atom. The van der Waals surface area contributed by atoms with Gasteiger partial charge >= 0.3 is 12.1 Å². The number of rotatable bonds is 3. The number of carboxylic acids is 1. The van der Waals surface area contributed by atoms with E-state index in [4.69, 9.17) is 4.74 Å². The maximum absolute atomic E-state index is 14.4. The first-order valence-electron chi connectivity index (χ1n) is 7.38. The molecule has 132 valence electrons. The number of halogens is 4. The van der Waals surface area contributed by atoms with E-state index < -0.39 is 49.4 Å². The Morgan fingerprint density at radius 2 is 1.88 bits per heavy atom. The molecular formula is C16H18F4O3Si. The summed E-state index contributed by atoms with van der Waals surface area (Å²) in [5.74, 6) is -3.20. The molecule has 0 spiro atoms. The minimum absolute atomic E-state index is 0.0261. The zero-order valence-corrected chi connectivity index (χ0v) is 14.7. The van der Waals surface area contributed by atoms with Crippen LogP contribution in [0.3, 0.4) is 0 Å². The summed E-state index contributed by atoms with van der Waals surface area (Å²) in [5.41, 5.74) is -3.97. The van der Waals surface area contributed by atoms with Crippen LogP contribution in [0.15, 0.2) is 17.7 Å². The number of hydrogen-bond acceptors (Lipinski definition) is 2. The van der Waals surface area contributed by atoms with E-state index in [0.717, 1.165) is 13.0 Å². The summed E-state index contributed by atoms with van der Waals surface area (Å²) >= 11 is 0. The van der Waals surface area contributed by atoms with Crippen LogP contribution in [0.2, 0.25) is 19.6 Å². The minimum Gasteiger partial charge on any atom is -0.478 e. The summed E-state index contributed by atoms with van der Waals surface area (Å²) in [6.07, 6.45) is -4.79. The largest absolute Gasteiger partial charge is 0.478 e. The van der Waals surface area contributed by atoms with Gasteiger partial charge in [0.05, 0.1) is 13.6 Å². The quantitative estimate of drug-likeness (QED) is 0.654. The highest BCUT2D eigenvalue weighted by Gasteiger charge is 2.62. The van der Waals surface area contributed by atoms with Crippen LogP contribution in [0.25, 0.3) is 6.08 Å². The van der Waals surface area contributed by atoms with Gasteiger partial charge < -0.3 is 9.84 Å². The van der Waals surface area contributed by atoms with Gasteiger partial charge in [-0.05, 0) is 18.6 Å². The summed E-state index contributed by atoms with van der Waals surface area (Å²) in [5, 5.41) is 9.93. The lowest BCUT2D eigenvalue weighted by atomic mass is 9.85. The predicted octanol–water partition coefficient (Wildman–Crippen LogP) is 3.94. The van der Waals surface area contributed by atoms with Gasteiger partial charge in [0, 0.05) is 5.56 Å². The molecule has 0 saturated carbocycles. The van der Waals surface area contributed by atoms with E-state index in [-0.39, 0.29) is 5.56 Å². The van der Waals surface area contributed by atoms with Gasteiger partial charge in [-0.1, -0.05) is 37.8 Å². The molecule has 1 aromatic carbocycles. The SMILES string of the molecule is CCC1(C(F)(F)F)Oc2c(F)cc([Si](C)(C)C)cc2C=C1C(=O)O. The molecule has 1 aliphatic rings. The highest BCUT2D eigenvalue weighted by molar-refractivity contribution is 6.88. The van der Waals surface area contributed by atoms with Crippen molar-refractivity contribution >= 4 is 25.3 Å². The highest BCUT2D eigenvalue weighted by atomic mass is 28.3. The Balaban J connectivity index is 2.77. The van der Waals surface area contributed by atoms with Crippen LogP contribution in [-0.4, -0.2) is 30.9 Å². The molecule has 1 heterocycles. The fourth-order valence-electron chi connectivity index (χ4n) is 2.67. The van der Waals surface area contributed by atoms with E-state index in [1.54, 1.807) is 0 Å². The van der Waals surface area contributed by atoms with Crippen molar-refractivity contribution in [1.29, 1.82) is 0 Å². The number of benzene rings is 1. The summed E-state index contributed by atoms with van der Waals surface area (Å²) in [6.45, 7) is 7.01. The minimum atomic E-state index is -4.99. The fourth-order valence-corrected chi connectivity index (χ4v) is 3.82. The first-order chi connectivity index (χ1) is 10.8. The standard InChI is InChI=1S/C16H18F4O3Si/c1-5-15(16(18,19)20)11(14(21)22)7-9-6-10(24(2,3)4)8-12(17)13(9)23-15/h6-8H,5H2,1-4H3,(H,21,22). The third-order valence-electron chi connectivity index (χ3n) is 4.14. The monoisotopic (exact) mass is 362 g/mol. The Bertz CT molecular complexity index is 719. The van der Waals surface area contributed by atoms with Crippen molar-refractivity contribution < 1.29 is 32.2 Å². The van der Waals surface area contributed by atoms with Gasteiger partial charge in [0.25, 0.3) is 0 Å². The lowest BCUT2D eigenvalue weighted by Crippen LogP contribution is -2.54. The van der Waals surface area contributed by atoms with Crippen molar-refractivity contribution in [3.05, 3.63) is 29.1 Å². The zero-order chi connectivity index (χ0) is 18.5. The van der Waals surface area contributed by atoms with E-state index in [2.05, 4.69) is 0 Å². The summed E-state index contributed by atoms with van der Waals surface area (Å²) in [7, 11) is -1.95. The second-order valence-electron chi connectivity index (χ2n) is 6.77. The molecule has 0 aromatic heterocycles. The summed E-state index contributed by atoms with van der Waals surface area (Å²) < 4.78 is 60.1. The van der Waals surface area contributed by atoms with Crippen molar-refractivity contribution in [2.24, 2.45) is 0 Å². The smallest absolute Gasteiger partial charge is 0.432 e. The van der Waals surface area contributed by atoms with Crippen molar-refractivity contribution in [2.45, 2.75) is 44.8 Å². The van der Waals surface area contributed by atoms with E-state index in [9.17, 15) is 27.5 Å². The average Bonchev–Trinajstić information content (AvgIpc) is 2.43. The molecule has 24 heavy (non-hydrogen) atoms. The summed E-state index contributed by atoms with van der Waals surface area (Å²) in [6, 6.07) is 2.70. The van der Waals surface area contributed by atoms with Gasteiger partial charge in [0.2, 0.25) is 5.60 Å². The molecular weight excluding hydrogens is 344 g/mol. The molecule has 1 N–H and O–H groups in total. The third-order valence-corrected chi connectivity index (χ3v) is 6.16. The number of aliphatic carboxylic acids is 1. The van der Waals surface area contributed by atoms with Gasteiger partial charge in [-0.3, -0.25) is 0 Å². The normalized spacial score (nSPS) is 20.9. The topological polar surface area (TPSA) is 46.5 Å². The van der Waals surface area contributed by atoms with Crippen LogP contribution in [0.4, 0.5) is 17.6 Å². The molecule has 0 bridgehead atoms. The molecule has 1 atom stereocenters. The van der Waals surface area contributed by atoms with E-state index in [0.29, 0.717) is 5.19 Å². The first-order valence-corrected chi connectivity index (χ1v) is 10.9. The van der Waals surface area contributed by atoms with E-state index >= 15 is 0 Å². The Morgan fingerprint density at radius 1 is 1.29 bits per heavy atom. The second kappa shape index (κ2) is 5.61. The number of alkyl halides is 3. The molecule has 0 amide bonds. The van der Waals surface area contributed by atoms with E-state index in [1.807, 2.05) is 19.6 Å². The van der Waals surface area contributed by atoms with Crippen LogP contribution in [-0.2, 0) is 4.79 Å². The van der Waals surface area contributed by atoms with Gasteiger partial charge in [-0.25, -0.2) is 9.18 Å². The predicted molar refractivity (Wildman–Crippen MR) is 84.7 cm³/mol. The van der Waals surface area contributed by atoms with Crippen molar-refractivity contribution in [3.63, 3.8) is 0 Å². The molecule has 1 aromatic rings. The van der Waals surface area contributed by atoms with Gasteiger partial charge in [-0.15, -0.1) is 0 Å². The lowest BCUT2D eigenvalue weighted by molar-refractivity contribution is -0.236. The van der Waals surface area contributed by atoms with E-state index in [1.165, 1.54) is 12.1 Å². The number of hydrogen-bond donors (Lipinski definition) is 1. The molecule has 3 nitrogen and oxygen atoms in total. The Kier molecular flexibility index (Phi) is 4.33. The third kappa shape index (κ3) is 2.83. The van der Waals surface area contributed by atoms with Crippen LogP contribution in [0, 0.1) is 5.82 Å². The van der Waals surface area contributed by atoms with Gasteiger partial charge in [0.15, 0.2) is 11.6 Å². The van der Waals surface area contributed by atoms with Gasteiger partial charge in [0.1, 0.15) is 0 Å². The van der Waals surface area contributed by atoms with Crippen LogP contribution >= 0.6 is 0 Å². The van der Waals surface area contributed by atoms with Crippen LogP contribution < -0.4 is 9.92 Å². The molecule has 1 aliphatic heterocycles. The molecule has 0 fully saturated rings.